The molecule has 0 spiro atoms. The highest BCUT2D eigenvalue weighted by Crippen LogP contribution is 2.37. The highest BCUT2D eigenvalue weighted by molar-refractivity contribution is 7.89. The van der Waals surface area contributed by atoms with Gasteiger partial charge in [0.2, 0.25) is 15.9 Å². The molecule has 0 saturated heterocycles. The molecule has 0 aliphatic carbocycles. The van der Waals surface area contributed by atoms with Gasteiger partial charge in [0, 0.05) is 5.69 Å². The number of carbonyl (C=O) groups excluding carboxylic acids is 1. The zero-order chi connectivity index (χ0) is 16.9. The minimum Gasteiger partial charge on any atom is -0.341 e. The molecule has 0 fully saturated rings. The van der Waals surface area contributed by atoms with E-state index in [9.17, 15) is 13.2 Å². The van der Waals surface area contributed by atoms with Gasteiger partial charge in [0.05, 0.1) is 15.9 Å². The smallest absolute Gasteiger partial charge is 0.240 e. The van der Waals surface area contributed by atoms with Crippen molar-refractivity contribution in [2.75, 3.05) is 12.4 Å². The summed E-state index contributed by atoms with van der Waals surface area (Å²) in [4.78, 5) is 20.1. The van der Waals surface area contributed by atoms with Gasteiger partial charge in [-0.1, -0.05) is 12.1 Å². The number of imidazole rings is 1. The molecule has 8 heteroatoms. The van der Waals surface area contributed by atoms with E-state index in [0.717, 1.165) is 11.0 Å². The molecular weight excluding hydrogens is 328 g/mol. The van der Waals surface area contributed by atoms with Crippen LogP contribution >= 0.6 is 0 Å². The number of aromatic amines is 1. The molecule has 1 atom stereocenters. The quantitative estimate of drug-likeness (QED) is 0.672. The van der Waals surface area contributed by atoms with E-state index >= 15 is 0 Å². The van der Waals surface area contributed by atoms with E-state index in [0.29, 0.717) is 17.1 Å². The van der Waals surface area contributed by atoms with Crippen LogP contribution in [0.4, 0.5) is 5.69 Å². The van der Waals surface area contributed by atoms with Gasteiger partial charge < -0.3 is 10.3 Å². The monoisotopic (exact) mass is 342 g/mol. The maximum atomic E-state index is 12.4. The van der Waals surface area contributed by atoms with Crippen molar-refractivity contribution in [2.24, 2.45) is 0 Å². The molecule has 0 radical (unpaired) electrons. The number of rotatable bonds is 3. The molecule has 1 aliphatic heterocycles. The van der Waals surface area contributed by atoms with Crippen molar-refractivity contribution in [2.45, 2.75) is 10.8 Å². The maximum absolute atomic E-state index is 12.4. The average molecular weight is 342 g/mol. The second-order valence-corrected chi connectivity index (χ2v) is 7.40. The Bertz CT molecular complexity index is 1040. The Kier molecular flexibility index (Phi) is 3.19. The molecule has 7 nitrogen and oxygen atoms in total. The van der Waals surface area contributed by atoms with Crippen LogP contribution in [0.1, 0.15) is 17.3 Å². The molecule has 1 unspecified atom stereocenters. The fraction of sp³-hybridized carbons (Fsp3) is 0.125. The predicted molar refractivity (Wildman–Crippen MR) is 89.3 cm³/mol. The van der Waals surface area contributed by atoms with Crippen molar-refractivity contribution in [3.63, 3.8) is 0 Å². The van der Waals surface area contributed by atoms with Crippen molar-refractivity contribution in [1.82, 2.24) is 14.7 Å². The summed E-state index contributed by atoms with van der Waals surface area (Å²) in [5.74, 6) is -0.408. The summed E-state index contributed by atoms with van der Waals surface area (Å²) >= 11 is 0. The number of benzene rings is 2. The Morgan fingerprint density at radius 1 is 1.17 bits per heavy atom. The number of carbonyl (C=O) groups is 1. The highest BCUT2D eigenvalue weighted by Gasteiger charge is 2.35. The van der Waals surface area contributed by atoms with Gasteiger partial charge in [0.25, 0.3) is 0 Å². The van der Waals surface area contributed by atoms with E-state index in [-0.39, 0.29) is 10.8 Å². The van der Waals surface area contributed by atoms with Crippen LogP contribution in [0.3, 0.4) is 0 Å². The Morgan fingerprint density at radius 2 is 1.96 bits per heavy atom. The Balaban J connectivity index is 1.87. The zero-order valence-corrected chi connectivity index (χ0v) is 13.5. The first kappa shape index (κ1) is 14.9. The van der Waals surface area contributed by atoms with Crippen molar-refractivity contribution in [3.8, 4) is 0 Å². The fourth-order valence-electron chi connectivity index (χ4n) is 2.91. The number of fused-ring (bicyclic) bond motifs is 2. The third kappa shape index (κ3) is 2.19. The number of nitrogens with one attached hydrogen (secondary N) is 3. The molecule has 1 aliphatic rings. The molecule has 3 aromatic rings. The number of nitrogens with zero attached hydrogens (tertiary/aromatic N) is 1. The molecule has 0 bridgehead atoms. The normalized spacial score (nSPS) is 17.0. The lowest BCUT2D eigenvalue weighted by atomic mass is 10.0. The van der Waals surface area contributed by atoms with Crippen molar-refractivity contribution >= 4 is 32.7 Å². The number of anilines is 1. The number of hydrogen-bond acceptors (Lipinski definition) is 4. The summed E-state index contributed by atoms with van der Waals surface area (Å²) < 4.78 is 26.3. The number of H-pyrrole nitrogens is 1. The van der Waals surface area contributed by atoms with Crippen LogP contribution in [0.5, 0.6) is 0 Å². The van der Waals surface area contributed by atoms with Crippen LogP contribution in [0, 0.1) is 0 Å². The first-order valence-electron chi connectivity index (χ1n) is 7.32. The molecule has 0 saturated carbocycles. The second-order valence-electron chi connectivity index (χ2n) is 5.52. The highest BCUT2D eigenvalue weighted by atomic mass is 32.2. The van der Waals surface area contributed by atoms with Gasteiger partial charge in [-0.25, -0.2) is 18.1 Å². The van der Waals surface area contributed by atoms with E-state index < -0.39 is 15.9 Å². The topological polar surface area (TPSA) is 104 Å². The van der Waals surface area contributed by atoms with Gasteiger partial charge in [-0.15, -0.1) is 0 Å². The largest absolute Gasteiger partial charge is 0.341 e. The van der Waals surface area contributed by atoms with Gasteiger partial charge >= 0.3 is 0 Å². The minimum absolute atomic E-state index is 0.112. The Hall–Kier alpha value is -2.71. The van der Waals surface area contributed by atoms with E-state index in [4.69, 9.17) is 0 Å². The first-order valence-corrected chi connectivity index (χ1v) is 8.81. The number of amides is 1. The van der Waals surface area contributed by atoms with Gasteiger partial charge in [-0.3, -0.25) is 4.79 Å². The second kappa shape index (κ2) is 5.15. The van der Waals surface area contributed by atoms with E-state index in [1.54, 1.807) is 6.07 Å². The summed E-state index contributed by atoms with van der Waals surface area (Å²) in [6.45, 7) is 0. The lowest BCUT2D eigenvalue weighted by Crippen LogP contribution is -2.19. The van der Waals surface area contributed by atoms with Crippen LogP contribution in [-0.4, -0.2) is 31.3 Å². The lowest BCUT2D eigenvalue weighted by Gasteiger charge is -2.08. The molecule has 3 N–H and O–H groups in total. The number of hydrogen-bond donors (Lipinski definition) is 3. The predicted octanol–water partition coefficient (Wildman–Crippen LogP) is 1.55. The summed E-state index contributed by atoms with van der Waals surface area (Å²) in [7, 11) is -2.24. The van der Waals surface area contributed by atoms with E-state index in [1.807, 2.05) is 24.3 Å². The Morgan fingerprint density at radius 3 is 2.71 bits per heavy atom. The van der Waals surface area contributed by atoms with E-state index in [1.165, 1.54) is 19.2 Å². The standard InChI is InChI=1S/C16H14N4O3S/c1-17-24(22,23)9-6-7-11-10(8-9)14(16(21)20-11)15-18-12-4-2-3-5-13(12)19-15/h2-8,14,17H,1H3,(H,18,19)(H,20,21). The van der Waals surface area contributed by atoms with Crippen LogP contribution in [0.25, 0.3) is 11.0 Å². The summed E-state index contributed by atoms with van der Waals surface area (Å²) in [6, 6.07) is 12.0. The number of sulfonamides is 1. The molecule has 4 rings (SSSR count). The molecule has 2 aromatic carbocycles. The van der Waals surface area contributed by atoms with Crippen molar-refractivity contribution < 1.29 is 13.2 Å². The zero-order valence-electron chi connectivity index (χ0n) is 12.7. The van der Waals surface area contributed by atoms with E-state index in [2.05, 4.69) is 20.0 Å². The van der Waals surface area contributed by atoms with Crippen LogP contribution in [-0.2, 0) is 14.8 Å². The van der Waals surface area contributed by atoms with Gasteiger partial charge in [0.1, 0.15) is 11.7 Å². The SMILES string of the molecule is CNS(=O)(=O)c1ccc2c(c1)C(c1nc3ccccc3[nH]1)C(=O)N2. The maximum Gasteiger partial charge on any atom is 0.240 e. The van der Waals surface area contributed by atoms with Crippen LogP contribution in [0.15, 0.2) is 47.4 Å². The van der Waals surface area contributed by atoms with Crippen molar-refractivity contribution in [1.29, 1.82) is 0 Å². The third-order valence-electron chi connectivity index (χ3n) is 4.11. The summed E-state index contributed by atoms with van der Waals surface area (Å²) in [6.07, 6.45) is 0. The number of para-hydroxylation sites is 2. The summed E-state index contributed by atoms with van der Waals surface area (Å²) in [5.41, 5.74) is 2.77. The molecule has 122 valence electrons. The van der Waals surface area contributed by atoms with Crippen LogP contribution < -0.4 is 10.0 Å². The molecular formula is C16H14N4O3S. The van der Waals surface area contributed by atoms with Crippen LogP contribution in [0.2, 0.25) is 0 Å². The van der Waals surface area contributed by atoms with Gasteiger partial charge in [0.15, 0.2) is 0 Å². The van der Waals surface area contributed by atoms with Crippen molar-refractivity contribution in [3.05, 3.63) is 53.9 Å². The molecule has 1 amide bonds. The average Bonchev–Trinajstić information content (AvgIpc) is 3.13. The van der Waals surface area contributed by atoms with Gasteiger partial charge in [-0.05, 0) is 42.9 Å². The third-order valence-corrected chi connectivity index (χ3v) is 5.53. The molecule has 24 heavy (non-hydrogen) atoms. The number of aromatic nitrogens is 2. The lowest BCUT2D eigenvalue weighted by molar-refractivity contribution is -0.116. The van der Waals surface area contributed by atoms with Gasteiger partial charge in [-0.2, -0.15) is 0 Å². The fourth-order valence-corrected chi connectivity index (χ4v) is 3.67. The molecule has 2 heterocycles. The summed E-state index contributed by atoms with van der Waals surface area (Å²) in [5, 5.41) is 2.77. The minimum atomic E-state index is -3.59. The Labute approximate surface area is 138 Å². The first-order chi connectivity index (χ1) is 11.5. The molecule has 1 aromatic heterocycles.